The highest BCUT2D eigenvalue weighted by atomic mass is 32.2. The molecule has 2 aromatic heterocycles. The number of carbonyl (C=O) groups excluding carboxylic acids is 3. The fourth-order valence-electron chi connectivity index (χ4n) is 5.05. The van der Waals surface area contributed by atoms with Gasteiger partial charge in [0.15, 0.2) is 0 Å². The summed E-state index contributed by atoms with van der Waals surface area (Å²) in [6.45, 7) is 1.60. The molecule has 2 aliphatic heterocycles. The van der Waals surface area contributed by atoms with Crippen LogP contribution in [-0.2, 0) is 31.0 Å². The largest absolute Gasteiger partial charge is 0.325 e. The number of thioether (sulfide) groups is 1. The summed E-state index contributed by atoms with van der Waals surface area (Å²) in [6.07, 6.45) is 0. The average molecular weight is 627 g/mol. The number of rotatable bonds is 6. The number of nitrogens with one attached hydrogen (secondary N) is 1. The topological polar surface area (TPSA) is 149 Å². The van der Waals surface area contributed by atoms with Crippen LogP contribution in [0, 0.1) is 12.8 Å². The Labute approximate surface area is 246 Å². The summed E-state index contributed by atoms with van der Waals surface area (Å²) in [6, 6.07) is 16.3. The molecule has 2 aliphatic rings. The van der Waals surface area contributed by atoms with Gasteiger partial charge in [-0.25, -0.2) is 18.5 Å². The van der Waals surface area contributed by atoms with Crippen molar-refractivity contribution in [3.63, 3.8) is 0 Å². The van der Waals surface area contributed by atoms with Crippen LogP contribution in [0.25, 0.3) is 0 Å². The summed E-state index contributed by atoms with van der Waals surface area (Å²) < 4.78 is 24.3. The Kier molecular flexibility index (Phi) is 6.98. The molecule has 1 saturated heterocycles. The molecule has 3 amide bonds. The van der Waals surface area contributed by atoms with Crippen molar-refractivity contribution in [3.05, 3.63) is 91.0 Å². The normalized spacial score (nSPS) is 20.1. The lowest BCUT2D eigenvalue weighted by Crippen LogP contribution is -2.32. The number of hydrogen-bond donors (Lipinski definition) is 2. The van der Waals surface area contributed by atoms with Gasteiger partial charge in [-0.15, -0.1) is 11.3 Å². The molecular weight excluding hydrogens is 605 g/mol. The first kappa shape index (κ1) is 27.6. The summed E-state index contributed by atoms with van der Waals surface area (Å²) in [5.74, 6) is -2.38. The molecule has 4 heterocycles. The third-order valence-electron chi connectivity index (χ3n) is 6.96. The minimum Gasteiger partial charge on any atom is -0.325 e. The third-order valence-corrected chi connectivity index (χ3v) is 11.4. The Morgan fingerprint density at radius 3 is 2.34 bits per heavy atom. The molecule has 6 rings (SSSR count). The van der Waals surface area contributed by atoms with E-state index in [0.29, 0.717) is 21.3 Å². The van der Waals surface area contributed by atoms with Gasteiger partial charge in [-0.05, 0) is 54.8 Å². The van der Waals surface area contributed by atoms with Crippen molar-refractivity contribution in [2.45, 2.75) is 34.6 Å². The summed E-state index contributed by atoms with van der Waals surface area (Å²) in [7, 11) is -3.88. The number of anilines is 2. The highest BCUT2D eigenvalue weighted by Crippen LogP contribution is 2.54. The van der Waals surface area contributed by atoms with Crippen molar-refractivity contribution in [3.8, 4) is 0 Å². The monoisotopic (exact) mass is 626 g/mol. The van der Waals surface area contributed by atoms with Gasteiger partial charge in [0.2, 0.25) is 27.7 Å². The SMILES string of the molecule is Cc1ccc(N2C(=O)C3Sc4c(sc(=O)n4CC(=O)Nc4ccc(S(N)(=O)=O)cc4)[C@H](c4cccs4)C3C2=O)cc1. The number of primary sulfonamides is 1. The van der Waals surface area contributed by atoms with Crippen LogP contribution in [0.1, 0.15) is 21.2 Å². The molecule has 3 atom stereocenters. The molecule has 210 valence electrons. The van der Waals surface area contributed by atoms with Crippen LogP contribution in [0.5, 0.6) is 0 Å². The van der Waals surface area contributed by atoms with Crippen LogP contribution in [0.4, 0.5) is 11.4 Å². The number of hydrogen-bond acceptors (Lipinski definition) is 9. The predicted octanol–water partition coefficient (Wildman–Crippen LogP) is 3.36. The molecule has 0 spiro atoms. The predicted molar refractivity (Wildman–Crippen MR) is 158 cm³/mol. The Hall–Kier alpha value is -3.56. The second-order valence-electron chi connectivity index (χ2n) is 9.65. The van der Waals surface area contributed by atoms with Crippen molar-refractivity contribution in [2.24, 2.45) is 11.1 Å². The van der Waals surface area contributed by atoms with Gasteiger partial charge >= 0.3 is 4.87 Å². The Morgan fingerprint density at radius 1 is 1.00 bits per heavy atom. The molecule has 0 aliphatic carbocycles. The first-order valence-corrected chi connectivity index (χ1v) is 16.5. The lowest BCUT2D eigenvalue weighted by molar-refractivity contribution is -0.122. The zero-order valence-electron chi connectivity index (χ0n) is 21.3. The van der Waals surface area contributed by atoms with E-state index in [-0.39, 0.29) is 28.1 Å². The number of nitrogens with two attached hydrogens (primary N) is 1. The van der Waals surface area contributed by atoms with Crippen LogP contribution in [-0.4, -0.2) is 36.0 Å². The zero-order valence-corrected chi connectivity index (χ0v) is 24.6. The number of carbonyl (C=O) groups is 3. The van der Waals surface area contributed by atoms with Gasteiger partial charge in [0, 0.05) is 21.4 Å². The fourth-order valence-corrected chi connectivity index (χ4v) is 9.29. The van der Waals surface area contributed by atoms with Crippen molar-refractivity contribution in [1.29, 1.82) is 0 Å². The summed E-state index contributed by atoms with van der Waals surface area (Å²) in [5.41, 5.74) is 1.83. The maximum atomic E-state index is 13.8. The molecule has 0 bridgehead atoms. The van der Waals surface area contributed by atoms with Gasteiger partial charge in [-0.2, -0.15) is 0 Å². The van der Waals surface area contributed by atoms with E-state index in [1.165, 1.54) is 45.1 Å². The Balaban J connectivity index is 1.33. The molecule has 10 nitrogen and oxygen atoms in total. The molecule has 3 N–H and O–H groups in total. The number of nitrogens with zero attached hydrogens (tertiary/aromatic N) is 2. The van der Waals surface area contributed by atoms with Gasteiger partial charge < -0.3 is 5.32 Å². The highest BCUT2D eigenvalue weighted by Gasteiger charge is 2.57. The van der Waals surface area contributed by atoms with E-state index in [4.69, 9.17) is 5.14 Å². The fraction of sp³-hybridized carbons (Fsp3) is 0.185. The van der Waals surface area contributed by atoms with Gasteiger partial charge in [0.1, 0.15) is 11.8 Å². The van der Waals surface area contributed by atoms with E-state index in [1.807, 2.05) is 36.6 Å². The average Bonchev–Trinajstić information content (AvgIpc) is 3.62. The smallest absolute Gasteiger partial charge is 0.308 e. The first-order valence-electron chi connectivity index (χ1n) is 12.3. The lowest BCUT2D eigenvalue weighted by Gasteiger charge is -2.29. The minimum atomic E-state index is -3.88. The number of thiazole rings is 1. The van der Waals surface area contributed by atoms with Crippen molar-refractivity contribution >= 4 is 73.6 Å². The number of fused-ring (bicyclic) bond motifs is 2. The van der Waals surface area contributed by atoms with Crippen LogP contribution in [0.15, 0.2) is 80.8 Å². The number of aryl methyl sites for hydroxylation is 1. The number of benzene rings is 2. The second kappa shape index (κ2) is 10.4. The molecule has 1 fully saturated rings. The van der Waals surface area contributed by atoms with E-state index in [2.05, 4.69) is 5.32 Å². The maximum absolute atomic E-state index is 13.8. The van der Waals surface area contributed by atoms with Crippen LogP contribution < -0.4 is 20.2 Å². The first-order chi connectivity index (χ1) is 19.5. The number of thiophene rings is 1. The quantitative estimate of drug-likeness (QED) is 0.312. The Bertz CT molecular complexity index is 1840. The summed E-state index contributed by atoms with van der Waals surface area (Å²) in [5, 5.41) is 9.40. The zero-order chi connectivity index (χ0) is 29.1. The van der Waals surface area contributed by atoms with E-state index in [1.54, 1.807) is 12.1 Å². The lowest BCUT2D eigenvalue weighted by atomic mass is 9.87. The van der Waals surface area contributed by atoms with Crippen molar-refractivity contribution in [2.75, 3.05) is 10.2 Å². The second-order valence-corrected chi connectivity index (χ2v) is 14.3. The highest BCUT2D eigenvalue weighted by molar-refractivity contribution is 8.00. The molecule has 14 heteroatoms. The van der Waals surface area contributed by atoms with Gasteiger partial charge in [-0.1, -0.05) is 46.9 Å². The van der Waals surface area contributed by atoms with Crippen molar-refractivity contribution < 1.29 is 22.8 Å². The van der Waals surface area contributed by atoms with Crippen LogP contribution in [0.2, 0.25) is 0 Å². The molecule has 2 aromatic carbocycles. The summed E-state index contributed by atoms with van der Waals surface area (Å²) >= 11 is 3.58. The van der Waals surface area contributed by atoms with E-state index >= 15 is 0 Å². The van der Waals surface area contributed by atoms with E-state index in [0.717, 1.165) is 33.5 Å². The Morgan fingerprint density at radius 2 is 1.71 bits per heavy atom. The standard InChI is InChI=1S/C27H22N4O6S4/c1-14-4-8-16(9-5-14)31-24(33)21-20(18-3-2-12-38-18)23-26(39-22(21)25(31)34)30(27(35)40-23)13-19(32)29-15-6-10-17(11-7-15)41(28,36)37/h2-12,20-22H,13H2,1H3,(H,29,32)(H2,28,36,37)/t20-,21?,22?/m1/s1. The van der Waals surface area contributed by atoms with Gasteiger partial charge in [-0.3, -0.25) is 23.7 Å². The van der Waals surface area contributed by atoms with Crippen LogP contribution >= 0.6 is 34.4 Å². The van der Waals surface area contributed by atoms with E-state index in [9.17, 15) is 27.6 Å². The minimum absolute atomic E-state index is 0.0975. The number of sulfonamides is 1. The van der Waals surface area contributed by atoms with Gasteiger partial charge in [0.25, 0.3) is 0 Å². The maximum Gasteiger partial charge on any atom is 0.308 e. The summed E-state index contributed by atoms with van der Waals surface area (Å²) in [4.78, 5) is 56.0. The van der Waals surface area contributed by atoms with Crippen LogP contribution in [0.3, 0.4) is 0 Å². The number of aromatic nitrogens is 1. The molecule has 0 saturated carbocycles. The molecule has 2 unspecified atom stereocenters. The van der Waals surface area contributed by atoms with E-state index < -0.39 is 33.0 Å². The third kappa shape index (κ3) is 4.95. The van der Waals surface area contributed by atoms with Gasteiger partial charge in [0.05, 0.1) is 21.5 Å². The molecule has 4 aromatic rings. The molecular formula is C27H22N4O6S4. The number of imide groups is 1. The number of amides is 3. The molecule has 41 heavy (non-hydrogen) atoms. The van der Waals surface area contributed by atoms with Crippen molar-refractivity contribution in [1.82, 2.24) is 4.57 Å². The molecule has 0 radical (unpaired) electrons.